The molecule has 3 rings (SSSR count). The van der Waals surface area contributed by atoms with Crippen LogP contribution in [0.1, 0.15) is 17.6 Å². The van der Waals surface area contributed by atoms with Crippen LogP contribution in [-0.2, 0) is 0 Å². The number of hydrogen-bond acceptors (Lipinski definition) is 4. The maximum Gasteiger partial charge on any atom is 0.147 e. The van der Waals surface area contributed by atoms with E-state index in [2.05, 4.69) is 27.2 Å². The topological polar surface area (TPSA) is 56.8 Å². The van der Waals surface area contributed by atoms with Gasteiger partial charge in [-0.05, 0) is 26.1 Å². The number of nitrogens with zero attached hydrogens (tertiary/aromatic N) is 3. The van der Waals surface area contributed by atoms with Gasteiger partial charge >= 0.3 is 0 Å². The minimum atomic E-state index is 0.219. The van der Waals surface area contributed by atoms with Crippen molar-refractivity contribution in [3.63, 3.8) is 0 Å². The van der Waals surface area contributed by atoms with Gasteiger partial charge in [0.05, 0.1) is 11.7 Å². The number of piperazine rings is 1. The van der Waals surface area contributed by atoms with Gasteiger partial charge in [-0.2, -0.15) is 0 Å². The lowest BCUT2D eigenvalue weighted by Gasteiger charge is -2.30. The fourth-order valence-electron chi connectivity index (χ4n) is 2.45. The zero-order valence-corrected chi connectivity index (χ0v) is 11.3. The van der Waals surface area contributed by atoms with E-state index in [0.717, 1.165) is 42.4 Å². The summed E-state index contributed by atoms with van der Waals surface area (Å²) < 4.78 is 0. The van der Waals surface area contributed by atoms with Crippen LogP contribution < -0.4 is 5.32 Å². The molecular weight excluding hydrogens is 238 g/mol. The Hall–Kier alpha value is -1.72. The third-order valence-electron chi connectivity index (χ3n) is 3.46. The highest BCUT2D eigenvalue weighted by molar-refractivity contribution is 5.58. The second-order valence-electron chi connectivity index (χ2n) is 5.12. The lowest BCUT2D eigenvalue weighted by atomic mass is 10.1. The molecule has 1 fully saturated rings. The smallest absolute Gasteiger partial charge is 0.147 e. The van der Waals surface area contributed by atoms with Crippen LogP contribution in [0.25, 0.3) is 11.3 Å². The second kappa shape index (κ2) is 5.11. The number of H-pyrrole nitrogens is 1. The van der Waals surface area contributed by atoms with Crippen molar-refractivity contribution in [2.24, 2.45) is 0 Å². The average Bonchev–Trinajstić information content (AvgIpc) is 2.92. The van der Waals surface area contributed by atoms with Crippen LogP contribution >= 0.6 is 0 Å². The molecule has 5 nitrogen and oxygen atoms in total. The number of aromatic amines is 1. The van der Waals surface area contributed by atoms with Crippen LogP contribution in [0.15, 0.2) is 24.5 Å². The molecule has 0 amide bonds. The molecule has 1 saturated heterocycles. The van der Waals surface area contributed by atoms with Crippen LogP contribution in [-0.4, -0.2) is 46.5 Å². The Kier molecular flexibility index (Phi) is 3.31. The quantitative estimate of drug-likeness (QED) is 0.853. The van der Waals surface area contributed by atoms with Gasteiger partial charge in [-0.3, -0.25) is 0 Å². The van der Waals surface area contributed by atoms with E-state index < -0.39 is 0 Å². The van der Waals surface area contributed by atoms with Gasteiger partial charge in [-0.25, -0.2) is 9.97 Å². The first kappa shape index (κ1) is 12.3. The van der Waals surface area contributed by atoms with E-state index in [4.69, 9.17) is 4.98 Å². The standard InChI is InChI=1S/C14H19N5/c1-10-7-12(11-3-4-15-8-11)18-14(17-10)13-9-19(2)6-5-16-13/h3-4,7-8,13,15-16H,5-6,9H2,1-2H3. The Bertz CT molecular complexity index is 549. The number of rotatable bonds is 2. The van der Waals surface area contributed by atoms with Gasteiger partial charge in [-0.15, -0.1) is 0 Å². The Balaban J connectivity index is 1.93. The number of hydrogen-bond donors (Lipinski definition) is 2. The molecule has 0 bridgehead atoms. The summed E-state index contributed by atoms with van der Waals surface area (Å²) in [6.45, 7) is 5.04. The van der Waals surface area contributed by atoms with Gasteiger partial charge < -0.3 is 15.2 Å². The predicted molar refractivity (Wildman–Crippen MR) is 74.8 cm³/mol. The van der Waals surface area contributed by atoms with Crippen molar-refractivity contribution in [2.75, 3.05) is 26.7 Å². The van der Waals surface area contributed by atoms with E-state index in [0.29, 0.717) is 0 Å². The molecule has 1 aliphatic heterocycles. The van der Waals surface area contributed by atoms with Crippen molar-refractivity contribution in [1.82, 2.24) is 25.2 Å². The zero-order chi connectivity index (χ0) is 13.2. The number of likely N-dealkylation sites (N-methyl/N-ethyl adjacent to an activating group) is 1. The summed E-state index contributed by atoms with van der Waals surface area (Å²) in [4.78, 5) is 14.7. The maximum atomic E-state index is 4.71. The molecule has 3 heterocycles. The highest BCUT2D eigenvalue weighted by Gasteiger charge is 2.21. The van der Waals surface area contributed by atoms with Crippen molar-refractivity contribution in [2.45, 2.75) is 13.0 Å². The third-order valence-corrected chi connectivity index (χ3v) is 3.46. The van der Waals surface area contributed by atoms with Gasteiger partial charge in [0.25, 0.3) is 0 Å². The average molecular weight is 257 g/mol. The predicted octanol–water partition coefficient (Wildman–Crippen LogP) is 1.36. The Morgan fingerprint density at radius 2 is 2.26 bits per heavy atom. The summed E-state index contributed by atoms with van der Waals surface area (Å²) in [7, 11) is 2.14. The molecule has 0 aromatic carbocycles. The number of nitrogens with one attached hydrogen (secondary N) is 2. The molecule has 2 aromatic heterocycles. The molecule has 0 saturated carbocycles. The highest BCUT2D eigenvalue weighted by atomic mass is 15.2. The van der Waals surface area contributed by atoms with Gasteiger partial charge in [-0.1, -0.05) is 0 Å². The van der Waals surface area contributed by atoms with E-state index in [-0.39, 0.29) is 6.04 Å². The van der Waals surface area contributed by atoms with E-state index in [1.54, 1.807) is 0 Å². The summed E-state index contributed by atoms with van der Waals surface area (Å²) >= 11 is 0. The lowest BCUT2D eigenvalue weighted by molar-refractivity contribution is 0.235. The van der Waals surface area contributed by atoms with Crippen molar-refractivity contribution < 1.29 is 0 Å². The summed E-state index contributed by atoms with van der Waals surface area (Å²) in [5, 5.41) is 3.49. The monoisotopic (exact) mass is 257 g/mol. The molecule has 1 atom stereocenters. The van der Waals surface area contributed by atoms with Gasteiger partial charge in [0.15, 0.2) is 0 Å². The molecule has 100 valence electrons. The van der Waals surface area contributed by atoms with Crippen LogP contribution in [0.5, 0.6) is 0 Å². The maximum absolute atomic E-state index is 4.71. The molecule has 0 spiro atoms. The summed E-state index contributed by atoms with van der Waals surface area (Å²) in [5.74, 6) is 0.891. The molecule has 0 aliphatic carbocycles. The van der Waals surface area contributed by atoms with Crippen molar-refractivity contribution >= 4 is 0 Å². The molecule has 1 unspecified atom stereocenters. The first-order chi connectivity index (χ1) is 9.22. The third kappa shape index (κ3) is 2.67. The van der Waals surface area contributed by atoms with E-state index in [1.807, 2.05) is 31.5 Å². The van der Waals surface area contributed by atoms with Gasteiger partial charge in [0.1, 0.15) is 5.82 Å². The largest absolute Gasteiger partial charge is 0.367 e. The second-order valence-corrected chi connectivity index (χ2v) is 5.12. The fourth-order valence-corrected chi connectivity index (χ4v) is 2.45. The van der Waals surface area contributed by atoms with Crippen LogP contribution in [0, 0.1) is 6.92 Å². The molecule has 2 aromatic rings. The van der Waals surface area contributed by atoms with E-state index >= 15 is 0 Å². The lowest BCUT2D eigenvalue weighted by Crippen LogP contribution is -2.44. The summed E-state index contributed by atoms with van der Waals surface area (Å²) in [6, 6.07) is 4.28. The SMILES string of the molecule is Cc1cc(-c2cc[nH]c2)nc(C2CN(C)CCN2)n1. The van der Waals surface area contributed by atoms with Crippen LogP contribution in [0.2, 0.25) is 0 Å². The molecular formula is C14H19N5. The molecule has 19 heavy (non-hydrogen) atoms. The van der Waals surface area contributed by atoms with Crippen molar-refractivity contribution in [3.05, 3.63) is 36.0 Å². The van der Waals surface area contributed by atoms with Crippen molar-refractivity contribution in [3.8, 4) is 11.3 Å². The van der Waals surface area contributed by atoms with Gasteiger partial charge in [0, 0.05) is 43.3 Å². The first-order valence-electron chi connectivity index (χ1n) is 6.63. The highest BCUT2D eigenvalue weighted by Crippen LogP contribution is 2.20. The molecule has 1 aliphatic rings. The van der Waals surface area contributed by atoms with Gasteiger partial charge in [0.2, 0.25) is 0 Å². The Labute approximate surface area is 113 Å². The van der Waals surface area contributed by atoms with Crippen LogP contribution in [0.4, 0.5) is 0 Å². The Morgan fingerprint density at radius 1 is 1.37 bits per heavy atom. The fraction of sp³-hybridized carbons (Fsp3) is 0.429. The minimum absolute atomic E-state index is 0.219. The van der Waals surface area contributed by atoms with E-state index in [1.165, 1.54) is 0 Å². The van der Waals surface area contributed by atoms with Crippen LogP contribution in [0.3, 0.4) is 0 Å². The first-order valence-corrected chi connectivity index (χ1v) is 6.63. The molecule has 2 N–H and O–H groups in total. The molecule has 5 heteroatoms. The number of aryl methyl sites for hydroxylation is 1. The van der Waals surface area contributed by atoms with E-state index in [9.17, 15) is 0 Å². The number of aromatic nitrogens is 3. The Morgan fingerprint density at radius 3 is 3.00 bits per heavy atom. The summed E-state index contributed by atoms with van der Waals surface area (Å²) in [6.07, 6.45) is 3.88. The minimum Gasteiger partial charge on any atom is -0.367 e. The van der Waals surface area contributed by atoms with Crippen molar-refractivity contribution in [1.29, 1.82) is 0 Å². The summed E-state index contributed by atoms with van der Waals surface area (Å²) in [5.41, 5.74) is 3.10. The zero-order valence-electron chi connectivity index (χ0n) is 11.3. The normalized spacial score (nSPS) is 20.6. The molecule has 0 radical (unpaired) electrons.